The molecule has 2 atom stereocenters. The minimum Gasteiger partial charge on any atom is -0.388 e. The second kappa shape index (κ2) is 8.52. The number of nitrogens with one attached hydrogen (secondary N) is 2. The van der Waals surface area contributed by atoms with Gasteiger partial charge in [-0.3, -0.25) is 0 Å². The standard InChI is InChI=1S/C19H32N4O2/c1-5-14(2)19(4,25)13-20-18(24)22-16-9-11-23(12-10-16)17-8-6-7-15(3)21-17/h6-8,14,16,25H,5,9-13H2,1-4H3,(H2,20,22,24). The van der Waals surface area contributed by atoms with E-state index in [9.17, 15) is 9.90 Å². The summed E-state index contributed by atoms with van der Waals surface area (Å²) in [6, 6.07) is 6.02. The van der Waals surface area contributed by atoms with Gasteiger partial charge in [-0.25, -0.2) is 9.78 Å². The number of amides is 2. The molecule has 25 heavy (non-hydrogen) atoms. The molecule has 2 unspecified atom stereocenters. The predicted molar refractivity (Wildman–Crippen MR) is 101 cm³/mol. The second-order valence-electron chi connectivity index (χ2n) is 7.39. The van der Waals surface area contributed by atoms with Crippen LogP contribution in [0.2, 0.25) is 0 Å². The van der Waals surface area contributed by atoms with Gasteiger partial charge < -0.3 is 20.6 Å². The third-order valence-electron chi connectivity index (χ3n) is 5.31. The number of nitrogens with zero attached hydrogens (tertiary/aromatic N) is 2. The summed E-state index contributed by atoms with van der Waals surface area (Å²) in [6.07, 6.45) is 2.66. The van der Waals surface area contributed by atoms with Crippen molar-refractivity contribution in [3.05, 3.63) is 23.9 Å². The van der Waals surface area contributed by atoms with Crippen molar-refractivity contribution in [2.24, 2.45) is 5.92 Å². The Labute approximate surface area is 151 Å². The van der Waals surface area contributed by atoms with E-state index in [-0.39, 0.29) is 24.5 Å². The Morgan fingerprint density at radius 2 is 2.12 bits per heavy atom. The molecule has 0 aliphatic carbocycles. The molecule has 0 spiro atoms. The average molecular weight is 348 g/mol. The van der Waals surface area contributed by atoms with Crippen molar-refractivity contribution >= 4 is 11.8 Å². The van der Waals surface area contributed by atoms with Gasteiger partial charge in [0.25, 0.3) is 0 Å². The Bertz CT molecular complexity index is 568. The number of carbonyl (C=O) groups excluding carboxylic acids is 1. The summed E-state index contributed by atoms with van der Waals surface area (Å²) >= 11 is 0. The fourth-order valence-corrected chi connectivity index (χ4v) is 3.07. The summed E-state index contributed by atoms with van der Waals surface area (Å²) < 4.78 is 0. The van der Waals surface area contributed by atoms with Crippen LogP contribution >= 0.6 is 0 Å². The Morgan fingerprint density at radius 3 is 2.72 bits per heavy atom. The number of aromatic nitrogens is 1. The number of hydrogen-bond donors (Lipinski definition) is 3. The lowest BCUT2D eigenvalue weighted by Crippen LogP contribution is -2.52. The summed E-state index contributed by atoms with van der Waals surface area (Å²) in [5.74, 6) is 1.14. The Hall–Kier alpha value is -1.82. The highest BCUT2D eigenvalue weighted by Crippen LogP contribution is 2.19. The van der Waals surface area contributed by atoms with E-state index in [0.29, 0.717) is 0 Å². The maximum absolute atomic E-state index is 12.1. The summed E-state index contributed by atoms with van der Waals surface area (Å²) in [6.45, 7) is 9.83. The zero-order valence-electron chi connectivity index (χ0n) is 15.9. The number of aliphatic hydroxyl groups is 1. The minimum atomic E-state index is -0.883. The molecule has 1 aliphatic rings. The lowest BCUT2D eigenvalue weighted by Gasteiger charge is -2.34. The lowest BCUT2D eigenvalue weighted by atomic mass is 9.89. The first-order chi connectivity index (χ1) is 11.8. The van der Waals surface area contributed by atoms with Crippen molar-refractivity contribution in [2.45, 2.75) is 58.6 Å². The number of carbonyl (C=O) groups is 1. The Morgan fingerprint density at radius 1 is 1.44 bits per heavy atom. The summed E-state index contributed by atoms with van der Waals surface area (Å²) in [7, 11) is 0. The van der Waals surface area contributed by atoms with Crippen LogP contribution in [0.15, 0.2) is 18.2 Å². The van der Waals surface area contributed by atoms with Crippen molar-refractivity contribution in [1.29, 1.82) is 0 Å². The van der Waals surface area contributed by atoms with Crippen LogP contribution in [0.25, 0.3) is 0 Å². The van der Waals surface area contributed by atoms with Crippen molar-refractivity contribution in [2.75, 3.05) is 24.5 Å². The molecule has 1 aromatic heterocycles. The van der Waals surface area contributed by atoms with Crippen LogP contribution in [0, 0.1) is 12.8 Å². The first kappa shape index (κ1) is 19.5. The normalized spacial score (nSPS) is 19.2. The molecule has 1 saturated heterocycles. The molecule has 0 aromatic carbocycles. The summed E-state index contributed by atoms with van der Waals surface area (Å²) in [5.41, 5.74) is 0.136. The number of urea groups is 1. The van der Waals surface area contributed by atoms with Gasteiger partial charge in [-0.1, -0.05) is 26.3 Å². The molecular weight excluding hydrogens is 316 g/mol. The number of rotatable bonds is 6. The highest BCUT2D eigenvalue weighted by atomic mass is 16.3. The monoisotopic (exact) mass is 348 g/mol. The molecule has 2 rings (SSSR count). The first-order valence-electron chi connectivity index (χ1n) is 9.27. The number of pyridine rings is 1. The number of piperidine rings is 1. The molecule has 1 aromatic rings. The van der Waals surface area contributed by atoms with Gasteiger partial charge >= 0.3 is 6.03 Å². The topological polar surface area (TPSA) is 77.5 Å². The number of anilines is 1. The van der Waals surface area contributed by atoms with E-state index in [2.05, 4.69) is 20.5 Å². The maximum Gasteiger partial charge on any atom is 0.315 e. The van der Waals surface area contributed by atoms with Crippen LogP contribution in [0.1, 0.15) is 45.7 Å². The molecule has 0 saturated carbocycles. The van der Waals surface area contributed by atoms with E-state index in [1.165, 1.54) is 0 Å². The van der Waals surface area contributed by atoms with E-state index >= 15 is 0 Å². The zero-order valence-corrected chi connectivity index (χ0v) is 15.9. The van der Waals surface area contributed by atoms with Gasteiger partial charge in [-0.05, 0) is 44.7 Å². The largest absolute Gasteiger partial charge is 0.388 e. The molecular formula is C19H32N4O2. The van der Waals surface area contributed by atoms with Gasteiger partial charge in [-0.2, -0.15) is 0 Å². The molecule has 2 heterocycles. The molecule has 0 bridgehead atoms. The van der Waals surface area contributed by atoms with Gasteiger partial charge in [0, 0.05) is 31.4 Å². The molecule has 1 aliphatic heterocycles. The lowest BCUT2D eigenvalue weighted by molar-refractivity contribution is 0.00782. The van der Waals surface area contributed by atoms with Crippen LogP contribution < -0.4 is 15.5 Å². The first-order valence-corrected chi connectivity index (χ1v) is 9.27. The highest BCUT2D eigenvalue weighted by Gasteiger charge is 2.28. The molecule has 140 valence electrons. The van der Waals surface area contributed by atoms with Gasteiger partial charge in [-0.15, -0.1) is 0 Å². The summed E-state index contributed by atoms with van der Waals surface area (Å²) in [5, 5.41) is 16.2. The van der Waals surface area contributed by atoms with Crippen LogP contribution in [-0.2, 0) is 0 Å². The number of aryl methyl sites for hydroxylation is 1. The fourth-order valence-electron chi connectivity index (χ4n) is 3.07. The van der Waals surface area contributed by atoms with Gasteiger partial charge in [0.15, 0.2) is 0 Å². The van der Waals surface area contributed by atoms with Crippen molar-refractivity contribution in [1.82, 2.24) is 15.6 Å². The van der Waals surface area contributed by atoms with Crippen molar-refractivity contribution in [3.63, 3.8) is 0 Å². The van der Waals surface area contributed by atoms with Crippen LogP contribution in [0.5, 0.6) is 0 Å². The molecule has 3 N–H and O–H groups in total. The van der Waals surface area contributed by atoms with Gasteiger partial charge in [0.1, 0.15) is 5.82 Å². The average Bonchev–Trinajstić information content (AvgIpc) is 2.60. The fraction of sp³-hybridized carbons (Fsp3) is 0.684. The van der Waals surface area contributed by atoms with Crippen LogP contribution in [0.3, 0.4) is 0 Å². The van der Waals surface area contributed by atoms with Crippen LogP contribution in [0.4, 0.5) is 10.6 Å². The zero-order chi connectivity index (χ0) is 18.4. The minimum absolute atomic E-state index is 0.137. The molecule has 6 nitrogen and oxygen atoms in total. The molecule has 1 fully saturated rings. The van der Waals surface area contributed by atoms with Crippen molar-refractivity contribution < 1.29 is 9.90 Å². The number of hydrogen-bond acceptors (Lipinski definition) is 4. The van der Waals surface area contributed by atoms with Crippen LogP contribution in [-0.4, -0.2) is 47.4 Å². The molecule has 2 amide bonds. The SMILES string of the molecule is CCC(C)C(C)(O)CNC(=O)NC1CCN(c2cccc(C)n2)CC1. The quantitative estimate of drug-likeness (QED) is 0.738. The third kappa shape index (κ3) is 5.59. The highest BCUT2D eigenvalue weighted by molar-refractivity contribution is 5.74. The van der Waals surface area contributed by atoms with E-state index in [0.717, 1.165) is 43.9 Å². The smallest absolute Gasteiger partial charge is 0.315 e. The van der Waals surface area contributed by atoms with E-state index in [4.69, 9.17) is 0 Å². The Kier molecular flexibility index (Phi) is 6.64. The molecule has 6 heteroatoms. The van der Waals surface area contributed by atoms with E-state index < -0.39 is 5.60 Å². The van der Waals surface area contributed by atoms with Crippen molar-refractivity contribution in [3.8, 4) is 0 Å². The predicted octanol–water partition coefficient (Wildman–Crippen LogP) is 2.46. The van der Waals surface area contributed by atoms with Gasteiger partial charge in [0.05, 0.1) is 5.60 Å². The Balaban J connectivity index is 1.75. The van der Waals surface area contributed by atoms with E-state index in [1.807, 2.05) is 39.0 Å². The second-order valence-corrected chi connectivity index (χ2v) is 7.39. The maximum atomic E-state index is 12.1. The third-order valence-corrected chi connectivity index (χ3v) is 5.31. The van der Waals surface area contributed by atoms with E-state index in [1.54, 1.807) is 6.92 Å². The van der Waals surface area contributed by atoms with Gasteiger partial charge in [0.2, 0.25) is 0 Å². The molecule has 0 radical (unpaired) electrons. The summed E-state index contributed by atoms with van der Waals surface area (Å²) in [4.78, 5) is 18.9.